The van der Waals surface area contributed by atoms with Crippen molar-refractivity contribution >= 4 is 5.65 Å². The molecule has 0 aliphatic heterocycles. The van der Waals surface area contributed by atoms with E-state index in [1.165, 1.54) is 30.7 Å². The molecule has 0 aliphatic rings. The second-order valence-corrected chi connectivity index (χ2v) is 6.12. The minimum Gasteiger partial charge on any atom is -0.468 e. The third-order valence-electron chi connectivity index (χ3n) is 3.88. The van der Waals surface area contributed by atoms with E-state index in [1.54, 1.807) is 0 Å². The second kappa shape index (κ2) is 7.64. The molecule has 0 amide bonds. The summed E-state index contributed by atoms with van der Waals surface area (Å²) in [5.41, 5.74) is 0.862. The summed E-state index contributed by atoms with van der Waals surface area (Å²) >= 11 is 0. The van der Waals surface area contributed by atoms with E-state index in [0.29, 0.717) is 18.4 Å². The third kappa shape index (κ3) is 4.52. The molecule has 0 bridgehead atoms. The molecule has 0 aliphatic carbocycles. The molecule has 0 saturated heterocycles. The van der Waals surface area contributed by atoms with Crippen molar-refractivity contribution in [1.82, 2.24) is 24.6 Å². The highest BCUT2D eigenvalue weighted by molar-refractivity contribution is 5.59. The van der Waals surface area contributed by atoms with Crippen LogP contribution in [0.25, 0.3) is 16.9 Å². The lowest BCUT2D eigenvalue weighted by atomic mass is 10.1. The molecule has 3 rings (SSSR count). The predicted octanol–water partition coefficient (Wildman–Crippen LogP) is 4.41. The van der Waals surface area contributed by atoms with Crippen LogP contribution < -0.4 is 4.74 Å². The molecule has 150 valence electrons. The number of halogens is 5. The highest BCUT2D eigenvalue weighted by atomic mass is 19.4. The molecule has 3 aromatic heterocycles. The maximum atomic E-state index is 14.4. The lowest BCUT2D eigenvalue weighted by molar-refractivity contribution is -0.154. The summed E-state index contributed by atoms with van der Waals surface area (Å²) in [4.78, 5) is 7.91. The molecule has 0 atom stereocenters. The summed E-state index contributed by atoms with van der Waals surface area (Å²) in [5.74, 6) is -3.85. The van der Waals surface area contributed by atoms with E-state index in [9.17, 15) is 22.0 Å². The Kier molecular flexibility index (Phi) is 5.43. The number of aromatic nitrogens is 5. The molecule has 6 nitrogen and oxygen atoms in total. The van der Waals surface area contributed by atoms with Gasteiger partial charge in [0, 0.05) is 30.4 Å². The fourth-order valence-corrected chi connectivity index (χ4v) is 2.48. The van der Waals surface area contributed by atoms with Crippen molar-refractivity contribution in [3.8, 4) is 17.1 Å². The summed E-state index contributed by atoms with van der Waals surface area (Å²) in [5, 5.41) is 7.31. The van der Waals surface area contributed by atoms with Crippen molar-refractivity contribution in [1.29, 1.82) is 0 Å². The summed E-state index contributed by atoms with van der Waals surface area (Å²) in [6.07, 6.45) is 0.0128. The lowest BCUT2D eigenvalue weighted by Gasteiger charge is -2.14. The number of pyridine rings is 1. The Bertz CT molecular complexity index is 939. The Morgan fingerprint density at radius 3 is 2.46 bits per heavy atom. The first kappa shape index (κ1) is 19.9. The quantitative estimate of drug-likeness (QED) is 0.549. The molecule has 0 radical (unpaired) electrons. The van der Waals surface area contributed by atoms with Gasteiger partial charge in [-0.3, -0.25) is 9.38 Å². The van der Waals surface area contributed by atoms with Crippen molar-refractivity contribution in [2.24, 2.45) is 0 Å². The van der Waals surface area contributed by atoms with E-state index in [1.807, 2.05) is 6.92 Å². The summed E-state index contributed by atoms with van der Waals surface area (Å²) in [7, 11) is 0. The fraction of sp³-hybridized carbons (Fsp3) is 0.412. The van der Waals surface area contributed by atoms with Crippen LogP contribution in [0.1, 0.15) is 32.0 Å². The van der Waals surface area contributed by atoms with Crippen molar-refractivity contribution in [2.75, 3.05) is 6.61 Å². The van der Waals surface area contributed by atoms with Crippen LogP contribution in [0.5, 0.6) is 5.88 Å². The molecule has 0 fully saturated rings. The third-order valence-corrected chi connectivity index (χ3v) is 3.88. The Morgan fingerprint density at radius 2 is 1.82 bits per heavy atom. The van der Waals surface area contributed by atoms with Crippen LogP contribution in [-0.2, 0) is 5.92 Å². The minimum absolute atomic E-state index is 0.160. The van der Waals surface area contributed by atoms with E-state index in [2.05, 4.69) is 24.9 Å². The normalized spacial score (nSPS) is 12.5. The number of unbranched alkanes of at least 4 members (excludes halogenated alkanes) is 1. The monoisotopic (exact) mass is 401 g/mol. The average molecular weight is 401 g/mol. The molecular weight excluding hydrogens is 385 g/mol. The predicted molar refractivity (Wildman–Crippen MR) is 89.0 cm³/mol. The Labute approximate surface area is 156 Å². The largest absolute Gasteiger partial charge is 0.468 e. The van der Waals surface area contributed by atoms with Crippen LogP contribution in [-0.4, -0.2) is 37.3 Å². The molecule has 3 heterocycles. The van der Waals surface area contributed by atoms with Gasteiger partial charge in [-0.1, -0.05) is 13.3 Å². The second-order valence-electron chi connectivity index (χ2n) is 6.12. The van der Waals surface area contributed by atoms with Gasteiger partial charge in [-0.05, 0) is 12.5 Å². The van der Waals surface area contributed by atoms with Crippen LogP contribution in [0.15, 0.2) is 30.7 Å². The summed E-state index contributed by atoms with van der Waals surface area (Å²) < 4.78 is 71.0. The van der Waals surface area contributed by atoms with E-state index in [0.717, 1.165) is 4.40 Å². The van der Waals surface area contributed by atoms with Crippen LogP contribution in [0.4, 0.5) is 22.0 Å². The molecule has 11 heteroatoms. The highest BCUT2D eigenvalue weighted by Gasteiger charge is 2.36. The van der Waals surface area contributed by atoms with Gasteiger partial charge in [0.1, 0.15) is 0 Å². The number of hydrogen-bond acceptors (Lipinski definition) is 5. The van der Waals surface area contributed by atoms with Gasteiger partial charge >= 0.3 is 12.1 Å². The van der Waals surface area contributed by atoms with Gasteiger partial charge in [0.15, 0.2) is 12.3 Å². The highest BCUT2D eigenvalue weighted by Crippen LogP contribution is 2.32. The number of ether oxygens (including phenoxy) is 1. The SMILES string of the molecule is CCCCC(F)(F)c1nnc2cnc(-c3ccc(OCC(F)(F)F)nc3)cn12. The Morgan fingerprint density at radius 1 is 1.04 bits per heavy atom. The maximum Gasteiger partial charge on any atom is 0.422 e. The molecule has 0 aromatic carbocycles. The lowest BCUT2D eigenvalue weighted by Crippen LogP contribution is -2.19. The first-order valence-electron chi connectivity index (χ1n) is 8.44. The van der Waals surface area contributed by atoms with E-state index in [4.69, 9.17) is 0 Å². The zero-order chi connectivity index (χ0) is 20.4. The Balaban J connectivity index is 1.87. The van der Waals surface area contributed by atoms with Crippen LogP contribution >= 0.6 is 0 Å². The fourth-order valence-electron chi connectivity index (χ4n) is 2.48. The molecule has 0 unspecified atom stereocenters. The number of alkyl halides is 5. The zero-order valence-corrected chi connectivity index (χ0v) is 14.7. The Hall–Kier alpha value is -2.85. The molecule has 28 heavy (non-hydrogen) atoms. The molecule has 0 spiro atoms. The number of nitrogens with zero attached hydrogens (tertiary/aromatic N) is 5. The molecule has 0 N–H and O–H groups in total. The number of hydrogen-bond donors (Lipinski definition) is 0. The van der Waals surface area contributed by atoms with Gasteiger partial charge in [-0.2, -0.15) is 22.0 Å². The standard InChI is InChI=1S/C17H16F5N5O/c1-2-3-6-16(18,19)15-26-25-13-8-23-12(9-27(13)15)11-4-5-14(24-7-11)28-10-17(20,21)22/h4-5,7-9H,2-3,6,10H2,1H3. The van der Waals surface area contributed by atoms with Crippen molar-refractivity contribution < 1.29 is 26.7 Å². The van der Waals surface area contributed by atoms with Crippen molar-refractivity contribution in [3.05, 3.63) is 36.5 Å². The summed E-state index contributed by atoms with van der Waals surface area (Å²) in [6, 6.07) is 2.68. The molecule has 3 aromatic rings. The van der Waals surface area contributed by atoms with Crippen molar-refractivity contribution in [2.45, 2.75) is 38.3 Å². The first-order chi connectivity index (χ1) is 13.2. The maximum absolute atomic E-state index is 14.4. The first-order valence-corrected chi connectivity index (χ1v) is 8.44. The van der Waals surface area contributed by atoms with Crippen LogP contribution in [0.2, 0.25) is 0 Å². The van der Waals surface area contributed by atoms with E-state index in [-0.39, 0.29) is 23.6 Å². The van der Waals surface area contributed by atoms with E-state index >= 15 is 0 Å². The van der Waals surface area contributed by atoms with Gasteiger partial charge in [0.05, 0.1) is 11.9 Å². The summed E-state index contributed by atoms with van der Waals surface area (Å²) in [6.45, 7) is 0.357. The van der Waals surface area contributed by atoms with Crippen molar-refractivity contribution in [3.63, 3.8) is 0 Å². The topological polar surface area (TPSA) is 65.2 Å². The van der Waals surface area contributed by atoms with Crippen LogP contribution in [0, 0.1) is 0 Å². The van der Waals surface area contributed by atoms with Gasteiger partial charge in [-0.25, -0.2) is 4.98 Å². The zero-order valence-electron chi connectivity index (χ0n) is 14.7. The smallest absolute Gasteiger partial charge is 0.422 e. The molecular formula is C17H16F5N5O. The number of rotatable bonds is 7. The van der Waals surface area contributed by atoms with E-state index < -0.39 is 24.5 Å². The van der Waals surface area contributed by atoms with Gasteiger partial charge in [-0.15, -0.1) is 10.2 Å². The van der Waals surface area contributed by atoms with Gasteiger partial charge in [0.25, 0.3) is 0 Å². The molecule has 0 saturated carbocycles. The van der Waals surface area contributed by atoms with Gasteiger partial charge in [0.2, 0.25) is 11.7 Å². The minimum atomic E-state index is -4.47. The average Bonchev–Trinajstić information content (AvgIpc) is 3.09. The van der Waals surface area contributed by atoms with Gasteiger partial charge < -0.3 is 4.74 Å². The van der Waals surface area contributed by atoms with Crippen LogP contribution in [0.3, 0.4) is 0 Å². The number of fused-ring (bicyclic) bond motifs is 1.